The predicted octanol–water partition coefficient (Wildman–Crippen LogP) is 3.57. The largest absolute Gasteiger partial charge is 0.345 e. The van der Waals surface area contributed by atoms with Crippen molar-refractivity contribution in [1.29, 1.82) is 0 Å². The SMILES string of the molecule is Cc1nc(N2CC(C)CC(C)C2C)sc1CNC1CC1. The molecule has 1 aliphatic heterocycles. The van der Waals surface area contributed by atoms with Crippen molar-refractivity contribution in [3.05, 3.63) is 10.6 Å². The Morgan fingerprint density at radius 1 is 1.30 bits per heavy atom. The molecule has 1 N–H and O–H groups in total. The van der Waals surface area contributed by atoms with E-state index in [0.29, 0.717) is 6.04 Å². The lowest BCUT2D eigenvalue weighted by Crippen LogP contribution is -2.45. The molecule has 0 bridgehead atoms. The summed E-state index contributed by atoms with van der Waals surface area (Å²) in [6.07, 6.45) is 4.05. The van der Waals surface area contributed by atoms with Gasteiger partial charge < -0.3 is 10.2 Å². The average Bonchev–Trinajstić information content (AvgIpc) is 3.15. The minimum Gasteiger partial charge on any atom is -0.345 e. The van der Waals surface area contributed by atoms with Crippen LogP contribution in [0.3, 0.4) is 0 Å². The summed E-state index contributed by atoms with van der Waals surface area (Å²) in [7, 11) is 0. The molecule has 3 atom stereocenters. The van der Waals surface area contributed by atoms with Crippen molar-refractivity contribution < 1.29 is 0 Å². The number of hydrogen-bond acceptors (Lipinski definition) is 4. The number of aromatic nitrogens is 1. The van der Waals surface area contributed by atoms with Crippen LogP contribution in [0.15, 0.2) is 0 Å². The zero-order chi connectivity index (χ0) is 14.3. The molecule has 1 aliphatic carbocycles. The quantitative estimate of drug-likeness (QED) is 0.920. The molecule has 3 unspecified atom stereocenters. The van der Waals surface area contributed by atoms with Crippen molar-refractivity contribution in [2.75, 3.05) is 11.4 Å². The van der Waals surface area contributed by atoms with E-state index in [2.05, 4.69) is 37.9 Å². The van der Waals surface area contributed by atoms with Crippen molar-refractivity contribution in [2.24, 2.45) is 11.8 Å². The Labute approximate surface area is 126 Å². The van der Waals surface area contributed by atoms with Gasteiger partial charge in [-0.2, -0.15) is 0 Å². The average molecular weight is 293 g/mol. The smallest absolute Gasteiger partial charge is 0.186 e. The van der Waals surface area contributed by atoms with Crippen molar-refractivity contribution in [1.82, 2.24) is 10.3 Å². The third-order valence-corrected chi connectivity index (χ3v) is 6.05. The molecule has 20 heavy (non-hydrogen) atoms. The van der Waals surface area contributed by atoms with Crippen LogP contribution in [-0.2, 0) is 6.54 Å². The van der Waals surface area contributed by atoms with Crippen LogP contribution in [0.2, 0.25) is 0 Å². The first-order valence-corrected chi connectivity index (χ1v) is 8.82. The second-order valence-electron chi connectivity index (χ2n) is 6.87. The Hall–Kier alpha value is -0.610. The number of rotatable bonds is 4. The molecule has 2 fully saturated rings. The standard InChI is InChI=1S/C16H27N3S/c1-10-7-11(2)13(4)19(9-10)16-18-12(3)15(20-16)8-17-14-5-6-14/h10-11,13-14,17H,5-9H2,1-4H3. The Morgan fingerprint density at radius 3 is 2.75 bits per heavy atom. The highest BCUT2D eigenvalue weighted by Crippen LogP contribution is 2.35. The van der Waals surface area contributed by atoms with E-state index in [9.17, 15) is 0 Å². The van der Waals surface area contributed by atoms with Crippen LogP contribution in [0.25, 0.3) is 0 Å². The van der Waals surface area contributed by atoms with Gasteiger partial charge in [-0.05, 0) is 44.9 Å². The fourth-order valence-corrected chi connectivity index (χ4v) is 4.30. The van der Waals surface area contributed by atoms with E-state index in [4.69, 9.17) is 4.98 Å². The molecule has 0 aromatic carbocycles. The summed E-state index contributed by atoms with van der Waals surface area (Å²) >= 11 is 1.90. The number of piperidine rings is 1. The summed E-state index contributed by atoms with van der Waals surface area (Å²) in [4.78, 5) is 8.82. The molecule has 0 radical (unpaired) electrons. The molecule has 112 valence electrons. The van der Waals surface area contributed by atoms with Crippen LogP contribution in [0.5, 0.6) is 0 Å². The van der Waals surface area contributed by atoms with Crippen LogP contribution in [-0.4, -0.2) is 23.6 Å². The topological polar surface area (TPSA) is 28.2 Å². The van der Waals surface area contributed by atoms with Gasteiger partial charge in [-0.3, -0.25) is 0 Å². The maximum absolute atomic E-state index is 4.86. The van der Waals surface area contributed by atoms with E-state index in [1.165, 1.54) is 35.0 Å². The number of nitrogens with zero attached hydrogens (tertiary/aromatic N) is 2. The monoisotopic (exact) mass is 293 g/mol. The van der Waals surface area contributed by atoms with Crippen LogP contribution in [0, 0.1) is 18.8 Å². The second-order valence-corrected chi connectivity index (χ2v) is 7.93. The number of thiazole rings is 1. The number of hydrogen-bond donors (Lipinski definition) is 1. The molecule has 0 spiro atoms. The van der Waals surface area contributed by atoms with Gasteiger partial charge in [0.2, 0.25) is 0 Å². The highest BCUT2D eigenvalue weighted by Gasteiger charge is 2.31. The molecule has 3 rings (SSSR count). The van der Waals surface area contributed by atoms with Gasteiger partial charge >= 0.3 is 0 Å². The normalized spacial score (nSPS) is 30.8. The molecule has 3 nitrogen and oxygen atoms in total. The van der Waals surface area contributed by atoms with Gasteiger partial charge in [-0.1, -0.05) is 13.8 Å². The molecule has 1 aromatic rings. The van der Waals surface area contributed by atoms with Gasteiger partial charge in [0, 0.05) is 30.1 Å². The molecule has 1 aromatic heterocycles. The summed E-state index contributed by atoms with van der Waals surface area (Å²) in [5.41, 5.74) is 1.22. The lowest BCUT2D eigenvalue weighted by atomic mass is 9.86. The van der Waals surface area contributed by atoms with E-state index >= 15 is 0 Å². The Morgan fingerprint density at radius 2 is 2.05 bits per heavy atom. The zero-order valence-electron chi connectivity index (χ0n) is 13.1. The first-order chi connectivity index (χ1) is 9.54. The van der Waals surface area contributed by atoms with Gasteiger partial charge in [-0.15, -0.1) is 11.3 Å². The highest BCUT2D eigenvalue weighted by molar-refractivity contribution is 7.15. The molecule has 1 saturated carbocycles. The van der Waals surface area contributed by atoms with Gasteiger partial charge in [-0.25, -0.2) is 4.98 Å². The lowest BCUT2D eigenvalue weighted by molar-refractivity contribution is 0.297. The van der Waals surface area contributed by atoms with Crippen LogP contribution < -0.4 is 10.2 Å². The highest BCUT2D eigenvalue weighted by atomic mass is 32.1. The third kappa shape index (κ3) is 3.01. The van der Waals surface area contributed by atoms with Crippen molar-refractivity contribution in [3.63, 3.8) is 0 Å². The Kier molecular flexibility index (Phi) is 4.04. The molecular formula is C16H27N3S. The lowest BCUT2D eigenvalue weighted by Gasteiger charge is -2.41. The van der Waals surface area contributed by atoms with Crippen molar-refractivity contribution >= 4 is 16.5 Å². The van der Waals surface area contributed by atoms with Gasteiger partial charge in [0.05, 0.1) is 5.69 Å². The van der Waals surface area contributed by atoms with Gasteiger partial charge in [0.15, 0.2) is 5.13 Å². The van der Waals surface area contributed by atoms with E-state index < -0.39 is 0 Å². The zero-order valence-corrected chi connectivity index (χ0v) is 14.0. The summed E-state index contributed by atoms with van der Waals surface area (Å²) in [6, 6.07) is 1.38. The van der Waals surface area contributed by atoms with Crippen molar-refractivity contribution in [2.45, 2.75) is 65.6 Å². The van der Waals surface area contributed by atoms with Crippen LogP contribution in [0.4, 0.5) is 5.13 Å². The van der Waals surface area contributed by atoms with E-state index in [1.807, 2.05) is 11.3 Å². The fourth-order valence-electron chi connectivity index (χ4n) is 3.19. The molecule has 2 heterocycles. The number of nitrogens with one attached hydrogen (secondary N) is 1. The van der Waals surface area contributed by atoms with Crippen molar-refractivity contribution in [3.8, 4) is 0 Å². The summed E-state index contributed by atoms with van der Waals surface area (Å²) in [5, 5.41) is 4.85. The fraction of sp³-hybridized carbons (Fsp3) is 0.812. The summed E-state index contributed by atoms with van der Waals surface area (Å²) < 4.78 is 0. The molecule has 4 heteroatoms. The van der Waals surface area contributed by atoms with Crippen LogP contribution in [0.1, 0.15) is 50.6 Å². The number of aryl methyl sites for hydroxylation is 1. The van der Waals surface area contributed by atoms with Gasteiger partial charge in [0.1, 0.15) is 0 Å². The predicted molar refractivity (Wildman–Crippen MR) is 86.5 cm³/mol. The maximum Gasteiger partial charge on any atom is 0.186 e. The Balaban J connectivity index is 1.73. The molecule has 2 aliphatic rings. The first-order valence-electron chi connectivity index (χ1n) is 8.01. The molecular weight excluding hydrogens is 266 g/mol. The minimum atomic E-state index is 0.612. The second kappa shape index (κ2) is 5.64. The number of anilines is 1. The van der Waals surface area contributed by atoms with Gasteiger partial charge in [0.25, 0.3) is 0 Å². The van der Waals surface area contributed by atoms with E-state index in [0.717, 1.165) is 31.0 Å². The third-order valence-electron chi connectivity index (χ3n) is 4.85. The molecule has 0 amide bonds. The summed E-state index contributed by atoms with van der Waals surface area (Å²) in [5.74, 6) is 1.54. The summed E-state index contributed by atoms with van der Waals surface area (Å²) in [6.45, 7) is 11.4. The Bertz CT molecular complexity index is 466. The first kappa shape index (κ1) is 14.3. The maximum atomic E-state index is 4.86. The minimum absolute atomic E-state index is 0.612. The molecule has 1 saturated heterocycles. The van der Waals surface area contributed by atoms with E-state index in [1.54, 1.807) is 0 Å². The van der Waals surface area contributed by atoms with Crippen LogP contribution >= 0.6 is 11.3 Å². The van der Waals surface area contributed by atoms with E-state index in [-0.39, 0.29) is 0 Å².